The minimum absolute atomic E-state index is 0.228. The zero-order chi connectivity index (χ0) is 21.5. The molecule has 2 amide bonds. The number of amides is 2. The largest absolute Gasteiger partial charge is 0.452 e. The molecule has 0 saturated heterocycles. The zero-order valence-electron chi connectivity index (χ0n) is 16.6. The third kappa shape index (κ3) is 5.30. The molecular formula is C22H21N3O4S. The van der Waals surface area contributed by atoms with Crippen LogP contribution in [0.5, 0.6) is 0 Å². The van der Waals surface area contributed by atoms with Crippen molar-refractivity contribution in [2.45, 2.75) is 13.8 Å². The molecule has 0 saturated carbocycles. The highest BCUT2D eigenvalue weighted by Gasteiger charge is 2.15. The van der Waals surface area contributed by atoms with E-state index in [1.807, 2.05) is 24.4 Å². The van der Waals surface area contributed by atoms with Gasteiger partial charge >= 0.3 is 5.97 Å². The molecule has 7 nitrogen and oxygen atoms in total. The second-order valence-corrected chi connectivity index (χ2v) is 7.32. The lowest BCUT2D eigenvalue weighted by Gasteiger charge is -2.09. The van der Waals surface area contributed by atoms with Crippen molar-refractivity contribution < 1.29 is 19.1 Å². The molecule has 2 heterocycles. The summed E-state index contributed by atoms with van der Waals surface area (Å²) in [6, 6.07) is 13.8. The van der Waals surface area contributed by atoms with Crippen molar-refractivity contribution in [2.75, 3.05) is 18.5 Å². The molecule has 30 heavy (non-hydrogen) atoms. The van der Waals surface area contributed by atoms with Crippen LogP contribution >= 0.6 is 11.3 Å². The minimum atomic E-state index is -0.621. The highest BCUT2D eigenvalue weighted by molar-refractivity contribution is 7.13. The van der Waals surface area contributed by atoms with E-state index in [-0.39, 0.29) is 5.91 Å². The standard InChI is InChI=1S/C22H21N3O4S/c1-3-23-21(27)15-6-4-7-16(12-15)25-20(26)13-29-22(28)17-9-10-18(24-14(17)2)19-8-5-11-30-19/h4-12H,3,13H2,1-2H3,(H,23,27)(H,25,26). The molecule has 3 rings (SSSR count). The topological polar surface area (TPSA) is 97.4 Å². The molecule has 0 radical (unpaired) electrons. The number of hydrogen-bond donors (Lipinski definition) is 2. The molecular weight excluding hydrogens is 402 g/mol. The number of rotatable bonds is 7. The van der Waals surface area contributed by atoms with Crippen LogP contribution in [0.3, 0.4) is 0 Å². The molecule has 0 bridgehead atoms. The van der Waals surface area contributed by atoms with Crippen LogP contribution in [-0.2, 0) is 9.53 Å². The predicted octanol–water partition coefficient (Wildman–Crippen LogP) is 3.66. The van der Waals surface area contributed by atoms with Crippen LogP contribution < -0.4 is 10.6 Å². The number of hydrogen-bond acceptors (Lipinski definition) is 6. The Morgan fingerprint density at radius 1 is 1.10 bits per heavy atom. The Kier molecular flexibility index (Phi) is 6.92. The monoisotopic (exact) mass is 423 g/mol. The van der Waals surface area contributed by atoms with Crippen molar-refractivity contribution in [2.24, 2.45) is 0 Å². The number of thiophene rings is 1. The van der Waals surface area contributed by atoms with Gasteiger partial charge in [0.2, 0.25) is 0 Å². The van der Waals surface area contributed by atoms with Crippen molar-refractivity contribution in [3.8, 4) is 10.6 Å². The Hall–Kier alpha value is -3.52. The average molecular weight is 423 g/mol. The highest BCUT2D eigenvalue weighted by Crippen LogP contribution is 2.24. The van der Waals surface area contributed by atoms with Crippen LogP contribution in [0.25, 0.3) is 10.6 Å². The number of benzene rings is 1. The van der Waals surface area contributed by atoms with E-state index in [1.165, 1.54) is 0 Å². The van der Waals surface area contributed by atoms with E-state index in [0.29, 0.717) is 29.1 Å². The lowest BCUT2D eigenvalue weighted by atomic mass is 10.1. The molecule has 0 atom stereocenters. The van der Waals surface area contributed by atoms with E-state index < -0.39 is 18.5 Å². The average Bonchev–Trinajstić information content (AvgIpc) is 3.27. The summed E-state index contributed by atoms with van der Waals surface area (Å²) in [5.74, 6) is -1.35. The molecule has 0 unspecified atom stereocenters. The van der Waals surface area contributed by atoms with E-state index in [4.69, 9.17) is 4.74 Å². The third-order valence-electron chi connectivity index (χ3n) is 4.16. The van der Waals surface area contributed by atoms with Crippen LogP contribution in [0.4, 0.5) is 5.69 Å². The van der Waals surface area contributed by atoms with Gasteiger partial charge in [-0.05, 0) is 55.6 Å². The Bertz CT molecular complexity index is 1060. The Balaban J connectivity index is 1.58. The van der Waals surface area contributed by atoms with Gasteiger partial charge in [0.15, 0.2) is 6.61 Å². The Morgan fingerprint density at radius 3 is 2.63 bits per heavy atom. The van der Waals surface area contributed by atoms with Gasteiger partial charge in [0.25, 0.3) is 11.8 Å². The fourth-order valence-corrected chi connectivity index (χ4v) is 3.44. The summed E-state index contributed by atoms with van der Waals surface area (Å²) in [7, 11) is 0. The molecule has 1 aromatic carbocycles. The van der Waals surface area contributed by atoms with Crippen molar-refractivity contribution in [3.05, 3.63) is 70.7 Å². The molecule has 154 valence electrons. The molecule has 0 aliphatic carbocycles. The molecule has 3 aromatic rings. The Labute approximate surface area is 178 Å². The lowest BCUT2D eigenvalue weighted by molar-refractivity contribution is -0.119. The van der Waals surface area contributed by atoms with E-state index in [2.05, 4.69) is 15.6 Å². The number of esters is 1. The normalized spacial score (nSPS) is 10.3. The van der Waals surface area contributed by atoms with E-state index in [9.17, 15) is 14.4 Å². The number of anilines is 1. The first kappa shape index (κ1) is 21.2. The molecule has 0 aliphatic heterocycles. The summed E-state index contributed by atoms with van der Waals surface area (Å²) in [5, 5.41) is 7.27. The summed E-state index contributed by atoms with van der Waals surface area (Å²) in [4.78, 5) is 41.8. The van der Waals surface area contributed by atoms with Crippen LogP contribution in [0.2, 0.25) is 0 Å². The summed E-state index contributed by atoms with van der Waals surface area (Å²) < 4.78 is 5.12. The number of aryl methyl sites for hydroxylation is 1. The third-order valence-corrected chi connectivity index (χ3v) is 5.05. The van der Waals surface area contributed by atoms with Crippen molar-refractivity contribution >= 4 is 34.8 Å². The number of aromatic nitrogens is 1. The van der Waals surface area contributed by atoms with Gasteiger partial charge in [-0.1, -0.05) is 12.1 Å². The van der Waals surface area contributed by atoms with Gasteiger partial charge in [-0.3, -0.25) is 14.6 Å². The van der Waals surface area contributed by atoms with Gasteiger partial charge in [-0.15, -0.1) is 11.3 Å². The number of nitrogens with one attached hydrogen (secondary N) is 2. The molecule has 2 aromatic heterocycles. The van der Waals surface area contributed by atoms with Gasteiger partial charge < -0.3 is 15.4 Å². The fraction of sp³-hybridized carbons (Fsp3) is 0.182. The summed E-state index contributed by atoms with van der Waals surface area (Å²) in [5.41, 5.74) is 2.49. The van der Waals surface area contributed by atoms with Crippen LogP contribution in [0.1, 0.15) is 33.3 Å². The highest BCUT2D eigenvalue weighted by atomic mass is 32.1. The van der Waals surface area contributed by atoms with Gasteiger partial charge in [0, 0.05) is 17.8 Å². The summed E-state index contributed by atoms with van der Waals surface area (Å²) in [6.45, 7) is 3.61. The van der Waals surface area contributed by atoms with Crippen molar-refractivity contribution in [1.82, 2.24) is 10.3 Å². The van der Waals surface area contributed by atoms with Gasteiger partial charge in [0.05, 0.1) is 21.8 Å². The summed E-state index contributed by atoms with van der Waals surface area (Å²) in [6.07, 6.45) is 0. The zero-order valence-corrected chi connectivity index (χ0v) is 17.4. The number of pyridine rings is 1. The maximum Gasteiger partial charge on any atom is 0.340 e. The van der Waals surface area contributed by atoms with Crippen LogP contribution in [-0.4, -0.2) is 35.9 Å². The van der Waals surface area contributed by atoms with Crippen LogP contribution in [0.15, 0.2) is 53.9 Å². The first-order chi connectivity index (χ1) is 14.5. The maximum atomic E-state index is 12.3. The predicted molar refractivity (Wildman–Crippen MR) is 116 cm³/mol. The van der Waals surface area contributed by atoms with Crippen molar-refractivity contribution in [1.29, 1.82) is 0 Å². The van der Waals surface area contributed by atoms with Crippen molar-refractivity contribution in [3.63, 3.8) is 0 Å². The molecule has 0 aliphatic rings. The number of nitrogens with zero attached hydrogens (tertiary/aromatic N) is 1. The maximum absolute atomic E-state index is 12.3. The summed E-state index contributed by atoms with van der Waals surface area (Å²) >= 11 is 1.56. The van der Waals surface area contributed by atoms with Crippen LogP contribution in [0, 0.1) is 6.92 Å². The fourth-order valence-electron chi connectivity index (χ4n) is 2.75. The Morgan fingerprint density at radius 2 is 1.93 bits per heavy atom. The number of ether oxygens (including phenoxy) is 1. The molecule has 0 fully saturated rings. The SMILES string of the molecule is CCNC(=O)c1cccc(NC(=O)COC(=O)c2ccc(-c3cccs3)nc2C)c1. The van der Waals surface area contributed by atoms with Gasteiger partial charge in [-0.2, -0.15) is 0 Å². The lowest BCUT2D eigenvalue weighted by Crippen LogP contribution is -2.23. The quantitative estimate of drug-likeness (QED) is 0.565. The second kappa shape index (κ2) is 9.80. The van der Waals surface area contributed by atoms with E-state index in [0.717, 1.165) is 10.6 Å². The molecule has 8 heteroatoms. The number of carbonyl (C=O) groups excluding carboxylic acids is 3. The van der Waals surface area contributed by atoms with Gasteiger partial charge in [-0.25, -0.2) is 4.79 Å². The molecule has 0 spiro atoms. The molecule has 2 N–H and O–H groups in total. The van der Waals surface area contributed by atoms with Gasteiger partial charge in [0.1, 0.15) is 0 Å². The first-order valence-electron chi connectivity index (χ1n) is 9.34. The first-order valence-corrected chi connectivity index (χ1v) is 10.2. The minimum Gasteiger partial charge on any atom is -0.452 e. The smallest absolute Gasteiger partial charge is 0.340 e. The van der Waals surface area contributed by atoms with E-state index in [1.54, 1.807) is 54.7 Å². The van der Waals surface area contributed by atoms with E-state index >= 15 is 0 Å². The second-order valence-electron chi connectivity index (χ2n) is 6.37. The number of carbonyl (C=O) groups is 3.